The third kappa shape index (κ3) is 3.81. The normalized spacial score (nSPS) is 25.2. The van der Waals surface area contributed by atoms with Crippen molar-refractivity contribution in [3.63, 3.8) is 0 Å². The van der Waals surface area contributed by atoms with Crippen LogP contribution in [0.1, 0.15) is 34.1 Å². The van der Waals surface area contributed by atoms with Crippen LogP contribution >= 0.6 is 0 Å². The molecule has 0 aromatic heterocycles. The number of rotatable bonds is 2. The molecule has 1 aliphatic heterocycles. The van der Waals surface area contributed by atoms with Crippen LogP contribution in [0.2, 0.25) is 0 Å². The van der Waals surface area contributed by atoms with Crippen molar-refractivity contribution in [2.45, 2.75) is 51.9 Å². The van der Waals surface area contributed by atoms with E-state index >= 15 is 0 Å². The first-order valence-corrected chi connectivity index (χ1v) is 5.41. The van der Waals surface area contributed by atoms with E-state index in [0.717, 1.165) is 0 Å². The number of hydrogen-bond donors (Lipinski definition) is 1. The summed E-state index contributed by atoms with van der Waals surface area (Å²) in [7, 11) is 0. The molecule has 0 aromatic carbocycles. The van der Waals surface area contributed by atoms with E-state index in [2.05, 4.69) is 5.32 Å². The average molecular weight is 229 g/mol. The second-order valence-electron chi connectivity index (χ2n) is 4.94. The molecule has 0 saturated carbocycles. The van der Waals surface area contributed by atoms with Gasteiger partial charge < -0.3 is 14.8 Å². The molecule has 0 aliphatic carbocycles. The summed E-state index contributed by atoms with van der Waals surface area (Å²) >= 11 is 0. The molecule has 1 amide bonds. The van der Waals surface area contributed by atoms with Gasteiger partial charge in [-0.1, -0.05) is 0 Å². The van der Waals surface area contributed by atoms with Gasteiger partial charge in [0, 0.05) is 6.61 Å². The summed E-state index contributed by atoms with van der Waals surface area (Å²) in [4.78, 5) is 22.7. The number of alkyl carbamates (subject to hydrolysis) is 1. The number of carbonyl (C=O) groups is 2. The first-order valence-electron chi connectivity index (χ1n) is 5.41. The van der Waals surface area contributed by atoms with Crippen LogP contribution in [0.15, 0.2) is 0 Å². The number of Topliss-reactive ketones (excluding diaryl/α,β-unsaturated/α-hetero) is 1. The summed E-state index contributed by atoms with van der Waals surface area (Å²) in [5, 5.41) is 2.66. The van der Waals surface area contributed by atoms with Crippen LogP contribution in [-0.2, 0) is 14.3 Å². The summed E-state index contributed by atoms with van der Waals surface area (Å²) in [5.74, 6) is -0.0708. The van der Waals surface area contributed by atoms with Crippen molar-refractivity contribution in [2.24, 2.45) is 0 Å². The Morgan fingerprint density at radius 1 is 1.38 bits per heavy atom. The van der Waals surface area contributed by atoms with Crippen molar-refractivity contribution in [1.82, 2.24) is 5.32 Å². The Labute approximate surface area is 95.5 Å². The van der Waals surface area contributed by atoms with Crippen molar-refractivity contribution < 1.29 is 19.1 Å². The van der Waals surface area contributed by atoms with Crippen LogP contribution in [0.25, 0.3) is 0 Å². The van der Waals surface area contributed by atoms with Gasteiger partial charge in [0.25, 0.3) is 0 Å². The Hall–Kier alpha value is -1.10. The molecule has 0 radical (unpaired) electrons. The zero-order chi connectivity index (χ0) is 12.3. The first-order chi connectivity index (χ1) is 7.29. The quantitative estimate of drug-likeness (QED) is 0.774. The van der Waals surface area contributed by atoms with Crippen molar-refractivity contribution >= 4 is 11.9 Å². The highest BCUT2D eigenvalue weighted by Crippen LogP contribution is 2.15. The summed E-state index contributed by atoms with van der Waals surface area (Å²) < 4.78 is 10.3. The van der Waals surface area contributed by atoms with Crippen molar-refractivity contribution in [3.8, 4) is 0 Å². The SMILES string of the molecule is CC(=O)C1OCCC1NC(=O)OC(C)(C)C. The molecule has 1 rings (SSSR count). The predicted octanol–water partition coefficient (Wildman–Crippen LogP) is 1.26. The highest BCUT2D eigenvalue weighted by atomic mass is 16.6. The highest BCUT2D eigenvalue weighted by molar-refractivity contribution is 5.82. The van der Waals surface area contributed by atoms with Gasteiger partial charge in [0.05, 0.1) is 6.04 Å². The van der Waals surface area contributed by atoms with E-state index in [4.69, 9.17) is 9.47 Å². The van der Waals surface area contributed by atoms with E-state index in [1.807, 2.05) is 0 Å². The highest BCUT2D eigenvalue weighted by Gasteiger charge is 2.33. The molecule has 0 aromatic rings. The lowest BCUT2D eigenvalue weighted by atomic mass is 10.1. The van der Waals surface area contributed by atoms with Crippen LogP contribution in [0, 0.1) is 0 Å². The zero-order valence-electron chi connectivity index (χ0n) is 10.2. The van der Waals surface area contributed by atoms with Gasteiger partial charge in [-0.2, -0.15) is 0 Å². The Morgan fingerprint density at radius 2 is 2.00 bits per heavy atom. The Balaban J connectivity index is 2.47. The van der Waals surface area contributed by atoms with Gasteiger partial charge in [0.15, 0.2) is 5.78 Å². The van der Waals surface area contributed by atoms with Crippen molar-refractivity contribution in [2.75, 3.05) is 6.61 Å². The Bertz CT molecular complexity index is 282. The predicted molar refractivity (Wildman–Crippen MR) is 58.2 cm³/mol. The Kier molecular flexibility index (Phi) is 3.91. The third-order valence-corrected chi connectivity index (χ3v) is 2.19. The van der Waals surface area contributed by atoms with Gasteiger partial charge in [0.2, 0.25) is 0 Å². The van der Waals surface area contributed by atoms with E-state index in [-0.39, 0.29) is 11.8 Å². The average Bonchev–Trinajstić information content (AvgIpc) is 2.47. The fraction of sp³-hybridized carbons (Fsp3) is 0.818. The number of carbonyl (C=O) groups excluding carboxylic acids is 2. The van der Waals surface area contributed by atoms with Crippen molar-refractivity contribution in [3.05, 3.63) is 0 Å². The van der Waals surface area contributed by atoms with Crippen LogP contribution in [-0.4, -0.2) is 36.2 Å². The fourth-order valence-electron chi connectivity index (χ4n) is 1.60. The standard InChI is InChI=1S/C11H19NO4/c1-7(13)9-8(5-6-15-9)12-10(14)16-11(2,3)4/h8-9H,5-6H2,1-4H3,(H,12,14). The van der Waals surface area contributed by atoms with Gasteiger partial charge in [-0.05, 0) is 34.1 Å². The maximum atomic E-state index is 11.5. The molecule has 1 N–H and O–H groups in total. The maximum Gasteiger partial charge on any atom is 0.407 e. The van der Waals surface area contributed by atoms with Gasteiger partial charge in [-0.3, -0.25) is 4.79 Å². The molecule has 1 heterocycles. The molecular weight excluding hydrogens is 210 g/mol. The summed E-state index contributed by atoms with van der Waals surface area (Å²) in [6, 6.07) is -0.271. The van der Waals surface area contributed by atoms with Gasteiger partial charge in [0.1, 0.15) is 11.7 Å². The van der Waals surface area contributed by atoms with Crippen LogP contribution < -0.4 is 5.32 Å². The van der Waals surface area contributed by atoms with E-state index in [0.29, 0.717) is 13.0 Å². The topological polar surface area (TPSA) is 64.6 Å². The van der Waals surface area contributed by atoms with Gasteiger partial charge >= 0.3 is 6.09 Å². The monoisotopic (exact) mass is 229 g/mol. The first kappa shape index (κ1) is 13.0. The Morgan fingerprint density at radius 3 is 2.50 bits per heavy atom. The molecule has 0 bridgehead atoms. The number of nitrogens with one attached hydrogen (secondary N) is 1. The molecular formula is C11H19NO4. The van der Waals surface area contributed by atoms with Gasteiger partial charge in [-0.15, -0.1) is 0 Å². The van der Waals surface area contributed by atoms with E-state index < -0.39 is 17.8 Å². The number of amides is 1. The number of ether oxygens (including phenoxy) is 2. The second-order valence-corrected chi connectivity index (χ2v) is 4.94. The number of ketones is 1. The van der Waals surface area contributed by atoms with Crippen LogP contribution in [0.5, 0.6) is 0 Å². The van der Waals surface area contributed by atoms with E-state index in [1.165, 1.54) is 6.92 Å². The minimum atomic E-state index is -0.535. The third-order valence-electron chi connectivity index (χ3n) is 2.19. The molecule has 1 saturated heterocycles. The summed E-state index contributed by atoms with van der Waals surface area (Å²) in [6.07, 6.45) is -0.398. The lowest BCUT2D eigenvalue weighted by molar-refractivity contribution is -0.126. The van der Waals surface area contributed by atoms with Crippen LogP contribution in [0.3, 0.4) is 0 Å². The molecule has 1 aliphatic rings. The molecule has 16 heavy (non-hydrogen) atoms. The molecule has 5 nitrogen and oxygen atoms in total. The number of hydrogen-bond acceptors (Lipinski definition) is 4. The maximum absolute atomic E-state index is 11.5. The minimum absolute atomic E-state index is 0.0708. The summed E-state index contributed by atoms with van der Waals surface area (Å²) in [6.45, 7) is 7.32. The summed E-state index contributed by atoms with van der Waals surface area (Å²) in [5.41, 5.74) is -0.532. The fourth-order valence-corrected chi connectivity index (χ4v) is 1.60. The lowest BCUT2D eigenvalue weighted by Crippen LogP contribution is -2.45. The minimum Gasteiger partial charge on any atom is -0.444 e. The molecule has 2 unspecified atom stereocenters. The molecule has 1 fully saturated rings. The van der Waals surface area contributed by atoms with E-state index in [9.17, 15) is 9.59 Å². The zero-order valence-corrected chi connectivity index (χ0v) is 10.2. The van der Waals surface area contributed by atoms with Gasteiger partial charge in [-0.25, -0.2) is 4.79 Å². The molecule has 2 atom stereocenters. The second kappa shape index (κ2) is 4.82. The van der Waals surface area contributed by atoms with E-state index in [1.54, 1.807) is 20.8 Å². The lowest BCUT2D eigenvalue weighted by Gasteiger charge is -2.23. The molecule has 5 heteroatoms. The smallest absolute Gasteiger partial charge is 0.407 e. The van der Waals surface area contributed by atoms with Crippen LogP contribution in [0.4, 0.5) is 4.79 Å². The molecule has 92 valence electrons. The van der Waals surface area contributed by atoms with Crippen molar-refractivity contribution in [1.29, 1.82) is 0 Å². The molecule has 0 spiro atoms. The largest absolute Gasteiger partial charge is 0.444 e.